The second-order valence-electron chi connectivity index (χ2n) is 3.79. The highest BCUT2D eigenvalue weighted by Crippen LogP contribution is 2.13. The van der Waals surface area contributed by atoms with Crippen molar-refractivity contribution in [3.05, 3.63) is 11.7 Å². The number of nitrogens with zero attached hydrogens (tertiary/aromatic N) is 3. The zero-order valence-electron chi connectivity index (χ0n) is 8.63. The molecule has 0 bridgehead atoms. The summed E-state index contributed by atoms with van der Waals surface area (Å²) in [6.45, 7) is 3.34. The molecular formula is C9H15N3O3. The van der Waals surface area contributed by atoms with Crippen molar-refractivity contribution in [3.8, 4) is 0 Å². The molecule has 0 aromatic carbocycles. The third-order valence-electron chi connectivity index (χ3n) is 2.52. The molecular weight excluding hydrogens is 198 g/mol. The molecule has 0 spiro atoms. The molecule has 2 N–H and O–H groups in total. The van der Waals surface area contributed by atoms with E-state index in [0.29, 0.717) is 31.3 Å². The number of likely N-dealkylation sites (tertiary alicyclic amines) is 1. The lowest BCUT2D eigenvalue weighted by molar-refractivity contribution is 0.0572. The van der Waals surface area contributed by atoms with E-state index in [0.717, 1.165) is 6.42 Å². The lowest BCUT2D eigenvalue weighted by Gasteiger charge is -2.10. The normalized spacial score (nSPS) is 27.4. The average Bonchev–Trinajstić information content (AvgIpc) is 2.76. The first kappa shape index (κ1) is 10.5. The van der Waals surface area contributed by atoms with Gasteiger partial charge in [-0.2, -0.15) is 4.98 Å². The fourth-order valence-corrected chi connectivity index (χ4v) is 1.67. The third-order valence-corrected chi connectivity index (χ3v) is 2.52. The van der Waals surface area contributed by atoms with Crippen LogP contribution in [0.25, 0.3) is 0 Å². The van der Waals surface area contributed by atoms with Crippen molar-refractivity contribution in [1.82, 2.24) is 15.0 Å². The minimum Gasteiger partial charge on any atom is -0.389 e. The molecule has 0 saturated carbocycles. The highest BCUT2D eigenvalue weighted by molar-refractivity contribution is 4.89. The maximum Gasteiger partial charge on any atom is 0.240 e. The molecule has 1 aromatic rings. The molecule has 2 rings (SSSR count). The van der Waals surface area contributed by atoms with Crippen molar-refractivity contribution >= 4 is 0 Å². The molecule has 84 valence electrons. The molecule has 1 aromatic heterocycles. The summed E-state index contributed by atoms with van der Waals surface area (Å²) in [7, 11) is 0. The number of aliphatic hydroxyl groups excluding tert-OH is 2. The summed E-state index contributed by atoms with van der Waals surface area (Å²) in [4.78, 5) is 6.05. The zero-order valence-corrected chi connectivity index (χ0v) is 8.63. The number of rotatable bonds is 3. The second kappa shape index (κ2) is 4.26. The minimum atomic E-state index is -0.668. The molecule has 2 atom stereocenters. The Morgan fingerprint density at radius 1 is 1.40 bits per heavy atom. The molecule has 0 aliphatic carbocycles. The van der Waals surface area contributed by atoms with Gasteiger partial charge in [0.05, 0.1) is 18.8 Å². The first-order chi connectivity index (χ1) is 7.19. The summed E-state index contributed by atoms with van der Waals surface area (Å²) in [6.07, 6.45) is -0.591. The summed E-state index contributed by atoms with van der Waals surface area (Å²) < 4.78 is 5.02. The van der Waals surface area contributed by atoms with Crippen LogP contribution < -0.4 is 0 Å². The highest BCUT2D eigenvalue weighted by atomic mass is 16.5. The van der Waals surface area contributed by atoms with Gasteiger partial charge in [0.25, 0.3) is 0 Å². The fourth-order valence-electron chi connectivity index (χ4n) is 1.67. The van der Waals surface area contributed by atoms with Crippen LogP contribution in [0.1, 0.15) is 18.6 Å². The van der Waals surface area contributed by atoms with Crippen molar-refractivity contribution in [2.24, 2.45) is 0 Å². The van der Waals surface area contributed by atoms with E-state index in [-0.39, 0.29) is 0 Å². The predicted molar refractivity (Wildman–Crippen MR) is 51.0 cm³/mol. The Hall–Kier alpha value is -0.980. The van der Waals surface area contributed by atoms with E-state index in [9.17, 15) is 10.2 Å². The molecule has 6 nitrogen and oxygen atoms in total. The number of hydrogen-bond acceptors (Lipinski definition) is 6. The quantitative estimate of drug-likeness (QED) is 0.682. The van der Waals surface area contributed by atoms with Crippen molar-refractivity contribution in [1.29, 1.82) is 0 Å². The minimum absolute atomic E-state index is 0.449. The van der Waals surface area contributed by atoms with Crippen molar-refractivity contribution < 1.29 is 14.7 Å². The smallest absolute Gasteiger partial charge is 0.240 e. The van der Waals surface area contributed by atoms with Gasteiger partial charge in [-0.05, 0) is 0 Å². The number of hydrogen-bond donors (Lipinski definition) is 2. The van der Waals surface area contributed by atoms with Crippen LogP contribution in [0.15, 0.2) is 4.52 Å². The van der Waals surface area contributed by atoms with Gasteiger partial charge >= 0.3 is 0 Å². The molecule has 0 amide bonds. The summed E-state index contributed by atoms with van der Waals surface area (Å²) in [5.74, 6) is 1.22. The summed E-state index contributed by atoms with van der Waals surface area (Å²) in [6, 6.07) is 0. The van der Waals surface area contributed by atoms with Crippen molar-refractivity contribution in [2.75, 3.05) is 13.1 Å². The van der Waals surface area contributed by atoms with Crippen LogP contribution in [0.2, 0.25) is 0 Å². The Bertz CT molecular complexity index is 318. The molecule has 15 heavy (non-hydrogen) atoms. The van der Waals surface area contributed by atoms with E-state index in [2.05, 4.69) is 10.1 Å². The Morgan fingerprint density at radius 2 is 2.07 bits per heavy atom. The molecule has 1 aliphatic heterocycles. The number of β-amino-alcohol motifs (C(OH)–C–C–N with tert-alkyl or cyclic N) is 2. The maximum atomic E-state index is 9.34. The van der Waals surface area contributed by atoms with Crippen LogP contribution in [-0.2, 0) is 13.0 Å². The van der Waals surface area contributed by atoms with Gasteiger partial charge < -0.3 is 14.7 Å². The van der Waals surface area contributed by atoms with Gasteiger partial charge in [-0.3, -0.25) is 4.90 Å². The molecule has 6 heteroatoms. The third kappa shape index (κ3) is 2.34. The van der Waals surface area contributed by atoms with Gasteiger partial charge in [-0.15, -0.1) is 0 Å². The summed E-state index contributed by atoms with van der Waals surface area (Å²) in [5, 5.41) is 22.5. The van der Waals surface area contributed by atoms with Crippen LogP contribution in [0.5, 0.6) is 0 Å². The lowest BCUT2D eigenvalue weighted by Crippen LogP contribution is -2.22. The highest BCUT2D eigenvalue weighted by Gasteiger charge is 2.30. The van der Waals surface area contributed by atoms with E-state index < -0.39 is 12.2 Å². The molecule has 0 radical (unpaired) electrons. The van der Waals surface area contributed by atoms with Crippen LogP contribution in [-0.4, -0.2) is 50.6 Å². The van der Waals surface area contributed by atoms with E-state index >= 15 is 0 Å². The van der Waals surface area contributed by atoms with Gasteiger partial charge in [0, 0.05) is 19.5 Å². The van der Waals surface area contributed by atoms with Crippen molar-refractivity contribution in [2.45, 2.75) is 32.1 Å². The predicted octanol–water partition coefficient (Wildman–Crippen LogP) is -0.831. The van der Waals surface area contributed by atoms with Crippen LogP contribution in [0.3, 0.4) is 0 Å². The monoisotopic (exact) mass is 213 g/mol. The maximum absolute atomic E-state index is 9.34. The van der Waals surface area contributed by atoms with Gasteiger partial charge in [-0.1, -0.05) is 12.1 Å². The number of aryl methyl sites for hydroxylation is 1. The van der Waals surface area contributed by atoms with Gasteiger partial charge in [0.2, 0.25) is 5.89 Å². The SMILES string of the molecule is CCc1noc(CN2C[C@@H](O)[C@@H](O)C2)n1. The van der Waals surface area contributed by atoms with Crippen molar-refractivity contribution in [3.63, 3.8) is 0 Å². The van der Waals surface area contributed by atoms with Crippen LogP contribution in [0.4, 0.5) is 0 Å². The Balaban J connectivity index is 1.92. The van der Waals surface area contributed by atoms with Crippen LogP contribution >= 0.6 is 0 Å². The first-order valence-corrected chi connectivity index (χ1v) is 5.09. The molecule has 2 heterocycles. The molecule has 1 saturated heterocycles. The van der Waals surface area contributed by atoms with E-state index in [1.165, 1.54) is 0 Å². The number of aliphatic hydroxyl groups is 2. The van der Waals surface area contributed by atoms with Gasteiger partial charge in [0.1, 0.15) is 0 Å². The van der Waals surface area contributed by atoms with E-state index in [4.69, 9.17) is 4.52 Å². The molecule has 1 aliphatic rings. The summed E-state index contributed by atoms with van der Waals surface area (Å²) in [5.41, 5.74) is 0. The Morgan fingerprint density at radius 3 is 2.60 bits per heavy atom. The Labute approximate surface area is 87.5 Å². The molecule has 0 unspecified atom stereocenters. The standard InChI is InChI=1S/C9H15N3O3/c1-2-8-10-9(15-11-8)5-12-3-6(13)7(14)4-12/h6-7,13-14H,2-5H2,1H3/t6-,7+. The van der Waals surface area contributed by atoms with E-state index in [1.54, 1.807) is 0 Å². The van der Waals surface area contributed by atoms with Crippen LogP contribution in [0, 0.1) is 0 Å². The fraction of sp³-hybridized carbons (Fsp3) is 0.778. The zero-order chi connectivity index (χ0) is 10.8. The lowest BCUT2D eigenvalue weighted by atomic mass is 10.3. The van der Waals surface area contributed by atoms with Gasteiger partial charge in [-0.25, -0.2) is 0 Å². The number of aromatic nitrogens is 2. The summed E-state index contributed by atoms with van der Waals surface area (Å²) >= 11 is 0. The topological polar surface area (TPSA) is 82.6 Å². The first-order valence-electron chi connectivity index (χ1n) is 5.09. The van der Waals surface area contributed by atoms with Gasteiger partial charge in [0.15, 0.2) is 5.82 Å². The average molecular weight is 213 g/mol. The molecule has 1 fully saturated rings. The Kier molecular flexibility index (Phi) is 2.99. The second-order valence-corrected chi connectivity index (χ2v) is 3.79. The largest absolute Gasteiger partial charge is 0.389 e. The van der Waals surface area contributed by atoms with E-state index in [1.807, 2.05) is 11.8 Å².